The van der Waals surface area contributed by atoms with E-state index >= 15 is 0 Å². The molecule has 1 saturated carbocycles. The number of hydrogen-bond donors (Lipinski definition) is 2. The van der Waals surface area contributed by atoms with Crippen molar-refractivity contribution in [3.05, 3.63) is 11.6 Å². The number of H-pyrrole nitrogens is 1. The molecule has 5 nitrogen and oxygen atoms in total. The van der Waals surface area contributed by atoms with Gasteiger partial charge in [0.1, 0.15) is 5.82 Å². The molecular formula is C11H14N4OS. The van der Waals surface area contributed by atoms with Gasteiger partial charge in [-0.25, -0.2) is 4.98 Å². The molecule has 2 rings (SSSR count). The molecule has 1 amide bonds. The molecule has 1 aromatic rings. The van der Waals surface area contributed by atoms with Crippen molar-refractivity contribution in [1.29, 1.82) is 0 Å². The molecule has 0 bridgehead atoms. The van der Waals surface area contributed by atoms with E-state index in [-0.39, 0.29) is 11.7 Å². The summed E-state index contributed by atoms with van der Waals surface area (Å²) < 4.78 is 0. The first-order valence-corrected chi connectivity index (χ1v) is 6.68. The van der Waals surface area contributed by atoms with E-state index in [1.165, 1.54) is 0 Å². The number of carbonyl (C=O) groups excluding carboxylic acids is 1. The fraction of sp³-hybridized carbons (Fsp3) is 0.545. The van der Waals surface area contributed by atoms with Crippen LogP contribution in [0.15, 0.2) is 0 Å². The minimum Gasteiger partial charge on any atom is -0.348 e. The Bertz CT molecular complexity index is 433. The highest BCUT2D eigenvalue weighted by atomic mass is 32.2. The Hall–Kier alpha value is -1.48. The van der Waals surface area contributed by atoms with Crippen LogP contribution in [0.2, 0.25) is 0 Å². The van der Waals surface area contributed by atoms with E-state index in [1.807, 2.05) is 0 Å². The van der Waals surface area contributed by atoms with Gasteiger partial charge in [0, 0.05) is 18.2 Å². The smallest absolute Gasteiger partial charge is 0.290 e. The highest BCUT2D eigenvalue weighted by Gasteiger charge is 2.28. The predicted molar refractivity (Wildman–Crippen MR) is 66.8 cm³/mol. The van der Waals surface area contributed by atoms with E-state index in [0.717, 1.165) is 24.4 Å². The Labute approximate surface area is 104 Å². The Morgan fingerprint density at radius 3 is 3.18 bits per heavy atom. The average molecular weight is 250 g/mol. The second-order valence-corrected chi connectivity index (χ2v) is 4.94. The highest BCUT2D eigenvalue weighted by Crippen LogP contribution is 2.37. The van der Waals surface area contributed by atoms with Crippen molar-refractivity contribution in [2.45, 2.75) is 18.8 Å². The van der Waals surface area contributed by atoms with Crippen molar-refractivity contribution in [3.8, 4) is 12.3 Å². The SMILES string of the molecule is C#CCSCCNC(=O)c1n[nH]c(C2CC2)n1. The summed E-state index contributed by atoms with van der Waals surface area (Å²) in [5, 5.41) is 9.47. The number of nitrogens with one attached hydrogen (secondary N) is 2. The summed E-state index contributed by atoms with van der Waals surface area (Å²) in [5.74, 6) is 5.32. The van der Waals surface area contributed by atoms with Gasteiger partial charge in [-0.05, 0) is 12.8 Å². The van der Waals surface area contributed by atoms with Crippen molar-refractivity contribution in [2.75, 3.05) is 18.1 Å². The normalized spacial score (nSPS) is 14.3. The maximum absolute atomic E-state index is 11.6. The third-order valence-corrected chi connectivity index (χ3v) is 3.25. The van der Waals surface area contributed by atoms with E-state index in [0.29, 0.717) is 18.2 Å². The number of thioether (sulfide) groups is 1. The standard InChI is InChI=1S/C11H14N4OS/c1-2-6-17-7-5-12-11(16)10-13-9(14-15-10)8-3-4-8/h1,8H,3-7H2,(H,12,16)(H,13,14,15). The second kappa shape index (κ2) is 5.73. The molecule has 0 aliphatic heterocycles. The average Bonchev–Trinajstić information content (AvgIpc) is 3.07. The molecule has 0 spiro atoms. The van der Waals surface area contributed by atoms with Gasteiger partial charge in [0.15, 0.2) is 0 Å². The zero-order chi connectivity index (χ0) is 12.1. The molecule has 0 saturated heterocycles. The molecule has 6 heteroatoms. The fourth-order valence-corrected chi connectivity index (χ4v) is 1.87. The number of amides is 1. The maximum Gasteiger partial charge on any atom is 0.290 e. The predicted octanol–water partition coefficient (Wildman–Crippen LogP) is 0.778. The summed E-state index contributed by atoms with van der Waals surface area (Å²) in [6.07, 6.45) is 7.39. The van der Waals surface area contributed by atoms with Crippen LogP contribution in [0, 0.1) is 12.3 Å². The van der Waals surface area contributed by atoms with Crippen LogP contribution in [0.1, 0.15) is 35.2 Å². The van der Waals surface area contributed by atoms with Crippen molar-refractivity contribution >= 4 is 17.7 Å². The Morgan fingerprint density at radius 2 is 2.47 bits per heavy atom. The first-order valence-electron chi connectivity index (χ1n) is 5.53. The number of aromatic nitrogens is 3. The molecule has 1 aliphatic carbocycles. The Balaban J connectivity index is 1.73. The van der Waals surface area contributed by atoms with Crippen molar-refractivity contribution in [3.63, 3.8) is 0 Å². The second-order valence-electron chi connectivity index (χ2n) is 3.83. The van der Waals surface area contributed by atoms with E-state index in [1.54, 1.807) is 11.8 Å². The van der Waals surface area contributed by atoms with Crippen molar-refractivity contribution in [1.82, 2.24) is 20.5 Å². The quantitative estimate of drug-likeness (QED) is 0.578. The summed E-state index contributed by atoms with van der Waals surface area (Å²) in [5.41, 5.74) is 0. The van der Waals surface area contributed by atoms with Crippen molar-refractivity contribution < 1.29 is 4.79 Å². The molecule has 1 heterocycles. The number of aromatic amines is 1. The third kappa shape index (κ3) is 3.49. The number of rotatable bonds is 6. The van der Waals surface area contributed by atoms with Gasteiger partial charge in [0.2, 0.25) is 5.82 Å². The zero-order valence-electron chi connectivity index (χ0n) is 9.40. The zero-order valence-corrected chi connectivity index (χ0v) is 10.2. The van der Waals surface area contributed by atoms with Gasteiger partial charge in [-0.1, -0.05) is 5.92 Å². The summed E-state index contributed by atoms with van der Waals surface area (Å²) in [6, 6.07) is 0. The molecule has 0 atom stereocenters. The number of hydrogen-bond acceptors (Lipinski definition) is 4. The van der Waals surface area contributed by atoms with Gasteiger partial charge in [-0.15, -0.1) is 23.3 Å². The molecule has 1 fully saturated rings. The fourth-order valence-electron chi connectivity index (χ4n) is 1.36. The largest absolute Gasteiger partial charge is 0.348 e. The van der Waals surface area contributed by atoms with Crippen LogP contribution in [0.5, 0.6) is 0 Å². The lowest BCUT2D eigenvalue weighted by Gasteiger charge is -2.00. The van der Waals surface area contributed by atoms with E-state index < -0.39 is 0 Å². The van der Waals surface area contributed by atoms with E-state index in [2.05, 4.69) is 26.4 Å². The van der Waals surface area contributed by atoms with E-state index in [4.69, 9.17) is 6.42 Å². The molecule has 0 aromatic carbocycles. The monoisotopic (exact) mass is 250 g/mol. The van der Waals surface area contributed by atoms with Crippen LogP contribution in [0.4, 0.5) is 0 Å². The van der Waals surface area contributed by atoms with Gasteiger partial charge >= 0.3 is 0 Å². The molecule has 17 heavy (non-hydrogen) atoms. The molecule has 90 valence electrons. The molecule has 1 aliphatic rings. The van der Waals surface area contributed by atoms with Gasteiger partial charge in [-0.2, -0.15) is 0 Å². The first-order chi connectivity index (χ1) is 8.31. The summed E-state index contributed by atoms with van der Waals surface area (Å²) in [7, 11) is 0. The lowest BCUT2D eigenvalue weighted by Crippen LogP contribution is -2.26. The van der Waals surface area contributed by atoms with Gasteiger partial charge in [-0.3, -0.25) is 9.89 Å². The van der Waals surface area contributed by atoms with Crippen LogP contribution < -0.4 is 5.32 Å². The topological polar surface area (TPSA) is 70.7 Å². The van der Waals surface area contributed by atoms with Gasteiger partial charge < -0.3 is 5.32 Å². The molecule has 1 aromatic heterocycles. The van der Waals surface area contributed by atoms with Crippen LogP contribution in [-0.4, -0.2) is 39.1 Å². The molecule has 0 unspecified atom stereocenters. The number of nitrogens with zero attached hydrogens (tertiary/aromatic N) is 2. The van der Waals surface area contributed by atoms with Crippen LogP contribution >= 0.6 is 11.8 Å². The third-order valence-electron chi connectivity index (χ3n) is 2.39. The lowest BCUT2D eigenvalue weighted by atomic mass is 10.4. The molecule has 0 radical (unpaired) electrons. The van der Waals surface area contributed by atoms with E-state index in [9.17, 15) is 4.79 Å². The number of carbonyl (C=O) groups is 1. The Kier molecular flexibility index (Phi) is 4.04. The molecule has 2 N–H and O–H groups in total. The highest BCUT2D eigenvalue weighted by molar-refractivity contribution is 7.99. The summed E-state index contributed by atoms with van der Waals surface area (Å²) in [4.78, 5) is 15.8. The van der Waals surface area contributed by atoms with Gasteiger partial charge in [0.05, 0.1) is 5.75 Å². The van der Waals surface area contributed by atoms with Crippen LogP contribution in [0.3, 0.4) is 0 Å². The minimum atomic E-state index is -0.227. The first kappa shape index (κ1) is 12.0. The maximum atomic E-state index is 11.6. The summed E-state index contributed by atoms with van der Waals surface area (Å²) >= 11 is 1.61. The van der Waals surface area contributed by atoms with Crippen LogP contribution in [0.25, 0.3) is 0 Å². The Morgan fingerprint density at radius 1 is 1.65 bits per heavy atom. The molecular weight excluding hydrogens is 236 g/mol. The number of terminal acetylenes is 1. The van der Waals surface area contributed by atoms with Gasteiger partial charge in [0.25, 0.3) is 5.91 Å². The minimum absolute atomic E-state index is 0.227. The van der Waals surface area contributed by atoms with Crippen LogP contribution in [-0.2, 0) is 0 Å². The summed E-state index contributed by atoms with van der Waals surface area (Å²) in [6.45, 7) is 0.582. The lowest BCUT2D eigenvalue weighted by molar-refractivity contribution is 0.0946. The van der Waals surface area contributed by atoms with Crippen molar-refractivity contribution in [2.24, 2.45) is 0 Å².